The van der Waals surface area contributed by atoms with E-state index in [1.807, 2.05) is 17.4 Å². The average molecular weight is 385 g/mol. The molecule has 1 fully saturated rings. The average Bonchev–Trinajstić information content (AvgIpc) is 3.26. The molecule has 0 aliphatic carbocycles. The molecule has 1 unspecified atom stereocenters. The van der Waals surface area contributed by atoms with Crippen LogP contribution >= 0.6 is 11.3 Å². The zero-order chi connectivity index (χ0) is 18.5. The Hall–Kier alpha value is -2.21. The maximum absolute atomic E-state index is 5.79. The molecular formula is C21H28N4OS. The Morgan fingerprint density at radius 2 is 2.04 bits per heavy atom. The van der Waals surface area contributed by atoms with Gasteiger partial charge in [-0.05, 0) is 42.5 Å². The number of nitrogens with zero attached hydrogens (tertiary/aromatic N) is 3. The first kappa shape index (κ1) is 18.2. The normalized spacial score (nSPS) is 20.2. The summed E-state index contributed by atoms with van der Waals surface area (Å²) >= 11 is 1.82. The summed E-state index contributed by atoms with van der Waals surface area (Å²) in [6, 6.07) is 12.7. The summed E-state index contributed by atoms with van der Waals surface area (Å²) in [7, 11) is 0. The van der Waals surface area contributed by atoms with Gasteiger partial charge in [-0.25, -0.2) is 0 Å². The molecule has 6 heteroatoms. The topological polar surface area (TPSA) is 40.1 Å². The number of ether oxygens (including phenoxy) is 1. The summed E-state index contributed by atoms with van der Waals surface area (Å²) in [5.41, 5.74) is 1.30. The lowest BCUT2D eigenvalue weighted by molar-refractivity contribution is 0.268. The number of piperazine rings is 1. The highest BCUT2D eigenvalue weighted by molar-refractivity contribution is 7.14. The number of thiophene rings is 1. The summed E-state index contributed by atoms with van der Waals surface area (Å²) in [6.07, 6.45) is 1.03. The van der Waals surface area contributed by atoms with E-state index >= 15 is 0 Å². The molecule has 1 N–H and O–H groups in total. The second-order valence-corrected chi connectivity index (χ2v) is 7.92. The van der Waals surface area contributed by atoms with Gasteiger partial charge in [0.2, 0.25) is 0 Å². The molecule has 0 saturated carbocycles. The van der Waals surface area contributed by atoms with Gasteiger partial charge in [-0.15, -0.1) is 11.3 Å². The number of guanidine groups is 1. The van der Waals surface area contributed by atoms with Crippen LogP contribution in [0.3, 0.4) is 0 Å². The zero-order valence-corrected chi connectivity index (χ0v) is 16.8. The molecule has 1 aromatic heterocycles. The SMILES string of the molecule is CCNC(=NCC1CCOc2ccccc21)N1CCN(c2cccs2)CC1. The van der Waals surface area contributed by atoms with E-state index in [9.17, 15) is 0 Å². The molecule has 2 aliphatic heterocycles. The number of anilines is 1. The molecule has 0 amide bonds. The van der Waals surface area contributed by atoms with E-state index < -0.39 is 0 Å². The minimum Gasteiger partial charge on any atom is -0.493 e. The molecule has 0 spiro atoms. The molecule has 4 rings (SSSR count). The second-order valence-electron chi connectivity index (χ2n) is 6.99. The van der Waals surface area contributed by atoms with Gasteiger partial charge >= 0.3 is 0 Å². The van der Waals surface area contributed by atoms with Gasteiger partial charge in [-0.3, -0.25) is 4.99 Å². The van der Waals surface area contributed by atoms with Crippen LogP contribution in [-0.4, -0.2) is 56.7 Å². The lowest BCUT2D eigenvalue weighted by Gasteiger charge is -2.37. The van der Waals surface area contributed by atoms with E-state index in [-0.39, 0.29) is 0 Å². The van der Waals surface area contributed by atoms with Gasteiger partial charge in [-0.2, -0.15) is 0 Å². The maximum Gasteiger partial charge on any atom is 0.194 e. The molecule has 2 aliphatic rings. The van der Waals surface area contributed by atoms with E-state index in [0.29, 0.717) is 5.92 Å². The number of hydrogen-bond acceptors (Lipinski definition) is 4. The Bertz CT molecular complexity index is 753. The van der Waals surface area contributed by atoms with E-state index in [1.165, 1.54) is 10.6 Å². The molecule has 0 bridgehead atoms. The standard InChI is InChI=1S/C21H28N4OS/c1-2-22-21(25-12-10-24(11-13-25)20-8-5-15-27-20)23-16-17-9-14-26-19-7-4-3-6-18(17)19/h3-8,15,17H,2,9-14,16H2,1H3,(H,22,23). The van der Waals surface area contributed by atoms with Crippen LogP contribution in [0.25, 0.3) is 0 Å². The van der Waals surface area contributed by atoms with Gasteiger partial charge in [0.25, 0.3) is 0 Å². The summed E-state index contributed by atoms with van der Waals surface area (Å²) < 4.78 is 5.79. The molecule has 1 aromatic carbocycles. The van der Waals surface area contributed by atoms with E-state index in [0.717, 1.165) is 64.0 Å². The fourth-order valence-corrected chi connectivity index (χ4v) is 4.60. The number of fused-ring (bicyclic) bond motifs is 1. The minimum atomic E-state index is 0.441. The maximum atomic E-state index is 5.79. The molecule has 0 radical (unpaired) electrons. The Kier molecular flexibility index (Phi) is 5.82. The predicted molar refractivity (Wildman–Crippen MR) is 113 cm³/mol. The number of rotatable bonds is 4. The highest BCUT2D eigenvalue weighted by atomic mass is 32.1. The van der Waals surface area contributed by atoms with Crippen molar-refractivity contribution in [1.29, 1.82) is 0 Å². The van der Waals surface area contributed by atoms with Crippen LogP contribution in [0.4, 0.5) is 5.00 Å². The van der Waals surface area contributed by atoms with Crippen LogP contribution in [0.15, 0.2) is 46.8 Å². The van der Waals surface area contributed by atoms with E-state index in [2.05, 4.69) is 57.8 Å². The van der Waals surface area contributed by atoms with Crippen LogP contribution in [0.5, 0.6) is 5.75 Å². The molecule has 27 heavy (non-hydrogen) atoms. The third-order valence-electron chi connectivity index (χ3n) is 5.28. The zero-order valence-electron chi connectivity index (χ0n) is 15.9. The van der Waals surface area contributed by atoms with Crippen LogP contribution in [0.2, 0.25) is 0 Å². The Labute approximate surface area is 165 Å². The van der Waals surface area contributed by atoms with Crippen molar-refractivity contribution in [3.05, 3.63) is 47.3 Å². The molecule has 144 valence electrons. The molecule has 5 nitrogen and oxygen atoms in total. The van der Waals surface area contributed by atoms with Gasteiger partial charge in [0, 0.05) is 45.2 Å². The van der Waals surface area contributed by atoms with Gasteiger partial charge in [-0.1, -0.05) is 18.2 Å². The summed E-state index contributed by atoms with van der Waals surface area (Å²) in [6.45, 7) is 8.74. The Balaban J connectivity index is 1.41. The number of benzene rings is 1. The van der Waals surface area contributed by atoms with Crippen molar-refractivity contribution in [1.82, 2.24) is 10.2 Å². The first-order valence-electron chi connectivity index (χ1n) is 9.88. The number of para-hydroxylation sites is 1. The molecule has 3 heterocycles. The third-order valence-corrected chi connectivity index (χ3v) is 6.21. The van der Waals surface area contributed by atoms with Crippen LogP contribution < -0.4 is 15.0 Å². The Morgan fingerprint density at radius 3 is 2.81 bits per heavy atom. The molecule has 1 atom stereocenters. The van der Waals surface area contributed by atoms with Gasteiger partial charge in [0.05, 0.1) is 11.6 Å². The fraction of sp³-hybridized carbons (Fsp3) is 0.476. The first-order valence-corrected chi connectivity index (χ1v) is 10.8. The predicted octanol–water partition coefficient (Wildman–Crippen LogP) is 3.40. The minimum absolute atomic E-state index is 0.441. The number of aliphatic imine (C=N–C) groups is 1. The number of nitrogens with one attached hydrogen (secondary N) is 1. The van der Waals surface area contributed by atoms with Crippen molar-refractivity contribution < 1.29 is 4.74 Å². The van der Waals surface area contributed by atoms with Crippen molar-refractivity contribution in [2.24, 2.45) is 4.99 Å². The lowest BCUT2D eigenvalue weighted by Crippen LogP contribution is -2.52. The van der Waals surface area contributed by atoms with Gasteiger partial charge < -0.3 is 19.9 Å². The van der Waals surface area contributed by atoms with Crippen LogP contribution in [0, 0.1) is 0 Å². The largest absolute Gasteiger partial charge is 0.493 e. The summed E-state index contributed by atoms with van der Waals surface area (Å²) in [4.78, 5) is 9.88. The van der Waals surface area contributed by atoms with Crippen LogP contribution in [-0.2, 0) is 0 Å². The highest BCUT2D eigenvalue weighted by Gasteiger charge is 2.23. The smallest absolute Gasteiger partial charge is 0.194 e. The van der Waals surface area contributed by atoms with Crippen molar-refractivity contribution in [2.75, 3.05) is 50.8 Å². The lowest BCUT2D eigenvalue weighted by atomic mass is 9.93. The van der Waals surface area contributed by atoms with Crippen LogP contribution in [0.1, 0.15) is 24.8 Å². The highest BCUT2D eigenvalue weighted by Crippen LogP contribution is 2.33. The van der Waals surface area contributed by atoms with Crippen molar-refractivity contribution in [3.8, 4) is 5.75 Å². The van der Waals surface area contributed by atoms with Crippen molar-refractivity contribution in [2.45, 2.75) is 19.3 Å². The van der Waals surface area contributed by atoms with E-state index in [4.69, 9.17) is 9.73 Å². The fourth-order valence-electron chi connectivity index (χ4n) is 3.82. The van der Waals surface area contributed by atoms with Crippen molar-refractivity contribution >= 4 is 22.3 Å². The second kappa shape index (κ2) is 8.65. The van der Waals surface area contributed by atoms with Gasteiger partial charge in [0.1, 0.15) is 5.75 Å². The Morgan fingerprint density at radius 1 is 1.19 bits per heavy atom. The van der Waals surface area contributed by atoms with Gasteiger partial charge in [0.15, 0.2) is 5.96 Å². The summed E-state index contributed by atoms with van der Waals surface area (Å²) in [5, 5.41) is 7.02. The monoisotopic (exact) mass is 384 g/mol. The van der Waals surface area contributed by atoms with E-state index in [1.54, 1.807) is 0 Å². The molecule has 1 saturated heterocycles. The van der Waals surface area contributed by atoms with Crippen molar-refractivity contribution in [3.63, 3.8) is 0 Å². The molecule has 2 aromatic rings. The third kappa shape index (κ3) is 4.21. The number of hydrogen-bond donors (Lipinski definition) is 1. The first-order chi connectivity index (χ1) is 13.3. The molecular weight excluding hydrogens is 356 g/mol. The quantitative estimate of drug-likeness (QED) is 0.648. The summed E-state index contributed by atoms with van der Waals surface area (Å²) in [5.74, 6) is 2.52.